The smallest absolute Gasteiger partial charge is 0.233 e. The number of hydrogen-bond acceptors (Lipinski definition) is 3. The quantitative estimate of drug-likeness (QED) is 0.741. The third-order valence-corrected chi connectivity index (χ3v) is 3.07. The van der Waals surface area contributed by atoms with Gasteiger partial charge in [-0.25, -0.2) is 0 Å². The fraction of sp³-hybridized carbons (Fsp3) is 0.500. The number of methoxy groups -OCH3 is 1. The number of thiol groups is 1. The van der Waals surface area contributed by atoms with Gasteiger partial charge in [-0.05, 0) is 17.9 Å². The third kappa shape index (κ3) is 5.56. The molecule has 18 heavy (non-hydrogen) atoms. The van der Waals surface area contributed by atoms with Crippen molar-refractivity contribution in [1.82, 2.24) is 5.32 Å². The van der Waals surface area contributed by atoms with Crippen LogP contribution in [0, 0.1) is 5.92 Å². The SMILES string of the molecule is COCC(C)CNC(=O)C(S)Cc1ccccc1. The number of ether oxygens (including phenoxy) is 1. The van der Waals surface area contributed by atoms with Crippen LogP contribution in [0.1, 0.15) is 12.5 Å². The highest BCUT2D eigenvalue weighted by atomic mass is 32.1. The molecule has 0 aliphatic rings. The van der Waals surface area contributed by atoms with Gasteiger partial charge >= 0.3 is 0 Å². The maximum atomic E-state index is 11.8. The molecule has 0 aromatic heterocycles. The fourth-order valence-corrected chi connectivity index (χ4v) is 1.97. The highest BCUT2D eigenvalue weighted by Crippen LogP contribution is 2.08. The number of nitrogens with one attached hydrogen (secondary N) is 1. The summed E-state index contributed by atoms with van der Waals surface area (Å²) < 4.78 is 5.02. The number of carbonyl (C=O) groups is 1. The van der Waals surface area contributed by atoms with Crippen molar-refractivity contribution in [2.24, 2.45) is 5.92 Å². The lowest BCUT2D eigenvalue weighted by Crippen LogP contribution is -2.36. The normalized spacial score (nSPS) is 13.9. The fourth-order valence-electron chi connectivity index (χ4n) is 1.67. The summed E-state index contributed by atoms with van der Waals surface area (Å²) in [6.07, 6.45) is 0.647. The van der Waals surface area contributed by atoms with Crippen molar-refractivity contribution >= 4 is 18.5 Å². The number of benzene rings is 1. The first-order valence-corrected chi connectivity index (χ1v) is 6.63. The van der Waals surface area contributed by atoms with Crippen molar-refractivity contribution in [2.45, 2.75) is 18.6 Å². The van der Waals surface area contributed by atoms with Crippen molar-refractivity contribution in [3.63, 3.8) is 0 Å². The summed E-state index contributed by atoms with van der Waals surface area (Å²) in [5.41, 5.74) is 1.12. The molecule has 3 nitrogen and oxygen atoms in total. The lowest BCUT2D eigenvalue weighted by atomic mass is 10.1. The van der Waals surface area contributed by atoms with Gasteiger partial charge in [0.1, 0.15) is 0 Å². The molecule has 0 bridgehead atoms. The monoisotopic (exact) mass is 267 g/mol. The second-order valence-electron chi connectivity index (χ2n) is 4.51. The Morgan fingerprint density at radius 1 is 1.39 bits per heavy atom. The molecule has 0 saturated heterocycles. The van der Waals surface area contributed by atoms with Crippen molar-refractivity contribution < 1.29 is 9.53 Å². The zero-order valence-electron chi connectivity index (χ0n) is 10.9. The molecule has 0 saturated carbocycles. The first kappa shape index (κ1) is 15.1. The number of rotatable bonds is 7. The molecule has 1 rings (SSSR count). The van der Waals surface area contributed by atoms with E-state index in [4.69, 9.17) is 4.74 Å². The van der Waals surface area contributed by atoms with Crippen molar-refractivity contribution in [1.29, 1.82) is 0 Å². The maximum absolute atomic E-state index is 11.8. The van der Waals surface area contributed by atoms with E-state index in [0.29, 0.717) is 25.5 Å². The van der Waals surface area contributed by atoms with E-state index in [1.807, 2.05) is 37.3 Å². The van der Waals surface area contributed by atoms with Crippen molar-refractivity contribution in [2.75, 3.05) is 20.3 Å². The first-order valence-electron chi connectivity index (χ1n) is 6.12. The molecule has 100 valence electrons. The predicted molar refractivity (Wildman–Crippen MR) is 77.0 cm³/mol. The summed E-state index contributed by atoms with van der Waals surface area (Å²) in [4.78, 5) is 11.8. The van der Waals surface area contributed by atoms with Crippen LogP contribution in [0.3, 0.4) is 0 Å². The van der Waals surface area contributed by atoms with Gasteiger partial charge in [0.15, 0.2) is 0 Å². The van der Waals surface area contributed by atoms with Gasteiger partial charge in [-0.1, -0.05) is 37.3 Å². The molecule has 1 aromatic carbocycles. The maximum Gasteiger partial charge on any atom is 0.233 e. The van der Waals surface area contributed by atoms with Crippen LogP contribution in [-0.4, -0.2) is 31.4 Å². The summed E-state index contributed by atoms with van der Waals surface area (Å²) in [6, 6.07) is 9.90. The number of carbonyl (C=O) groups excluding carboxylic acids is 1. The zero-order chi connectivity index (χ0) is 13.4. The molecule has 0 spiro atoms. The zero-order valence-corrected chi connectivity index (χ0v) is 11.8. The Kier molecular flexibility index (Phi) is 6.83. The van der Waals surface area contributed by atoms with E-state index >= 15 is 0 Å². The van der Waals surface area contributed by atoms with Gasteiger partial charge in [-0.2, -0.15) is 12.6 Å². The highest BCUT2D eigenvalue weighted by Gasteiger charge is 2.14. The second kappa shape index (κ2) is 8.16. The first-order chi connectivity index (χ1) is 8.63. The van der Waals surface area contributed by atoms with Crippen LogP contribution in [0.5, 0.6) is 0 Å². The van der Waals surface area contributed by atoms with Gasteiger partial charge in [0.25, 0.3) is 0 Å². The van der Waals surface area contributed by atoms with E-state index in [9.17, 15) is 4.79 Å². The Balaban J connectivity index is 2.33. The van der Waals surface area contributed by atoms with Crippen LogP contribution >= 0.6 is 12.6 Å². The van der Waals surface area contributed by atoms with Gasteiger partial charge in [-0.15, -0.1) is 0 Å². The van der Waals surface area contributed by atoms with E-state index in [0.717, 1.165) is 5.56 Å². The number of hydrogen-bond donors (Lipinski definition) is 2. The molecule has 1 amide bonds. The summed E-state index contributed by atoms with van der Waals surface area (Å²) in [7, 11) is 1.66. The summed E-state index contributed by atoms with van der Waals surface area (Å²) >= 11 is 4.35. The molecule has 0 aliphatic heterocycles. The molecule has 0 heterocycles. The Bertz CT molecular complexity index is 356. The van der Waals surface area contributed by atoms with E-state index < -0.39 is 0 Å². The van der Waals surface area contributed by atoms with E-state index in [-0.39, 0.29) is 11.2 Å². The minimum Gasteiger partial charge on any atom is -0.384 e. The summed E-state index contributed by atoms with van der Waals surface area (Å²) in [5, 5.41) is 2.59. The van der Waals surface area contributed by atoms with Crippen LogP contribution in [0.25, 0.3) is 0 Å². The molecule has 2 unspecified atom stereocenters. The lowest BCUT2D eigenvalue weighted by molar-refractivity contribution is -0.120. The van der Waals surface area contributed by atoms with E-state index in [2.05, 4.69) is 17.9 Å². The van der Waals surface area contributed by atoms with E-state index in [1.54, 1.807) is 7.11 Å². The van der Waals surface area contributed by atoms with Crippen molar-refractivity contribution in [3.8, 4) is 0 Å². The van der Waals surface area contributed by atoms with Gasteiger partial charge in [0, 0.05) is 13.7 Å². The average Bonchev–Trinajstić information content (AvgIpc) is 2.37. The van der Waals surface area contributed by atoms with Crippen LogP contribution in [0.2, 0.25) is 0 Å². The molecule has 0 fully saturated rings. The topological polar surface area (TPSA) is 38.3 Å². The number of amides is 1. The van der Waals surface area contributed by atoms with Crippen molar-refractivity contribution in [3.05, 3.63) is 35.9 Å². The van der Waals surface area contributed by atoms with Crippen LogP contribution in [0.4, 0.5) is 0 Å². The minimum absolute atomic E-state index is 0.0230. The van der Waals surface area contributed by atoms with Gasteiger partial charge < -0.3 is 10.1 Å². The minimum atomic E-state index is -0.304. The predicted octanol–water partition coefficient (Wildman–Crippen LogP) is 1.93. The van der Waals surface area contributed by atoms with Gasteiger partial charge in [0.2, 0.25) is 5.91 Å². The largest absolute Gasteiger partial charge is 0.384 e. The molecule has 1 aromatic rings. The lowest BCUT2D eigenvalue weighted by Gasteiger charge is -2.15. The van der Waals surface area contributed by atoms with Crippen LogP contribution in [0.15, 0.2) is 30.3 Å². The van der Waals surface area contributed by atoms with Gasteiger partial charge in [0.05, 0.1) is 11.9 Å². The van der Waals surface area contributed by atoms with Gasteiger partial charge in [-0.3, -0.25) is 4.79 Å². The molecular formula is C14H21NO2S. The summed E-state index contributed by atoms with van der Waals surface area (Å²) in [6.45, 7) is 3.31. The molecule has 0 aliphatic carbocycles. The molecule has 4 heteroatoms. The summed E-state index contributed by atoms with van der Waals surface area (Å²) in [5.74, 6) is 0.293. The Morgan fingerprint density at radius 2 is 2.06 bits per heavy atom. The Labute approximate surface area is 114 Å². The molecular weight excluding hydrogens is 246 g/mol. The van der Waals surface area contributed by atoms with Crippen LogP contribution in [-0.2, 0) is 16.0 Å². The van der Waals surface area contributed by atoms with E-state index in [1.165, 1.54) is 0 Å². The highest BCUT2D eigenvalue weighted by molar-refractivity contribution is 7.81. The second-order valence-corrected chi connectivity index (χ2v) is 5.13. The third-order valence-electron chi connectivity index (χ3n) is 2.65. The Hall–Kier alpha value is -1.00. The average molecular weight is 267 g/mol. The standard InChI is InChI=1S/C14H21NO2S/c1-11(10-17-2)9-15-14(16)13(18)8-12-6-4-3-5-7-12/h3-7,11,13,18H,8-10H2,1-2H3,(H,15,16). The molecule has 2 atom stereocenters. The molecule has 1 N–H and O–H groups in total. The van der Waals surface area contributed by atoms with Crippen LogP contribution < -0.4 is 5.32 Å². The Morgan fingerprint density at radius 3 is 2.67 bits per heavy atom. The molecule has 0 radical (unpaired) electrons.